The highest BCUT2D eigenvalue weighted by Crippen LogP contribution is 2.23. The summed E-state index contributed by atoms with van der Waals surface area (Å²) in [4.78, 5) is 45.9. The van der Waals surface area contributed by atoms with Gasteiger partial charge in [-0.05, 0) is 12.1 Å². The second-order valence-corrected chi connectivity index (χ2v) is 5.06. The average molecular weight is 319 g/mol. The molecule has 0 atom stereocenters. The quantitative estimate of drug-likeness (QED) is 0.278. The molecule has 0 bridgehead atoms. The molecule has 0 radical (unpaired) electrons. The van der Waals surface area contributed by atoms with Crippen molar-refractivity contribution in [3.05, 3.63) is 41.6 Å². The van der Waals surface area contributed by atoms with Crippen LogP contribution in [0.4, 0.5) is 5.69 Å². The number of hydrogen-bond donors (Lipinski definition) is 2. The van der Waals surface area contributed by atoms with E-state index in [1.165, 1.54) is 32.0 Å². The van der Waals surface area contributed by atoms with Crippen LogP contribution in [0.5, 0.6) is 0 Å². The molecule has 0 saturated carbocycles. The van der Waals surface area contributed by atoms with Crippen molar-refractivity contribution in [3.63, 3.8) is 0 Å². The Kier molecular flexibility index (Phi) is 4.17. The van der Waals surface area contributed by atoms with Gasteiger partial charge in [0.05, 0.1) is 5.56 Å². The van der Waals surface area contributed by atoms with Crippen LogP contribution in [0.25, 0.3) is 0 Å². The van der Waals surface area contributed by atoms with Crippen molar-refractivity contribution >= 4 is 29.4 Å². The predicted octanol–water partition coefficient (Wildman–Crippen LogP) is 1.09. The molecule has 0 aromatic heterocycles. The van der Waals surface area contributed by atoms with Crippen molar-refractivity contribution in [3.8, 4) is 0 Å². The van der Waals surface area contributed by atoms with E-state index in [0.29, 0.717) is 0 Å². The number of para-hydroxylation sites is 1. The molecule has 2 N–H and O–H groups in total. The molecule has 1 aromatic rings. The lowest BCUT2D eigenvalue weighted by Crippen LogP contribution is -2.42. The summed E-state index contributed by atoms with van der Waals surface area (Å²) in [6, 6.07) is 5.77. The third-order valence-electron chi connectivity index (χ3n) is 2.85. The SMILES string of the molecule is CC1(C)OC(=O)C(=CNc2ccccc2C(=O)C(=O)O)C(=O)O1. The third-order valence-corrected chi connectivity index (χ3v) is 2.85. The molecule has 120 valence electrons. The van der Waals surface area contributed by atoms with E-state index in [1.807, 2.05) is 0 Å². The average Bonchev–Trinajstić information content (AvgIpc) is 2.44. The number of aliphatic carboxylic acids is 1. The number of carbonyl (C=O) groups excluding carboxylic acids is 3. The van der Waals surface area contributed by atoms with Crippen LogP contribution in [-0.4, -0.2) is 34.6 Å². The van der Waals surface area contributed by atoms with Crippen molar-refractivity contribution < 1.29 is 33.8 Å². The van der Waals surface area contributed by atoms with Gasteiger partial charge in [0.15, 0.2) is 5.57 Å². The molecule has 1 fully saturated rings. The summed E-state index contributed by atoms with van der Waals surface area (Å²) in [7, 11) is 0. The second-order valence-electron chi connectivity index (χ2n) is 5.06. The number of carboxylic acids is 1. The monoisotopic (exact) mass is 319 g/mol. The lowest BCUT2D eigenvalue weighted by molar-refractivity contribution is -0.222. The highest BCUT2D eigenvalue weighted by Gasteiger charge is 2.39. The van der Waals surface area contributed by atoms with Gasteiger partial charge in [0.1, 0.15) is 0 Å². The number of rotatable bonds is 4. The van der Waals surface area contributed by atoms with Gasteiger partial charge in [-0.1, -0.05) is 12.1 Å². The zero-order chi connectivity index (χ0) is 17.2. The van der Waals surface area contributed by atoms with Gasteiger partial charge in [0, 0.05) is 25.7 Å². The van der Waals surface area contributed by atoms with Crippen LogP contribution in [0, 0.1) is 0 Å². The molecule has 1 aliphatic rings. The third kappa shape index (κ3) is 3.54. The number of nitrogens with one attached hydrogen (secondary N) is 1. The van der Waals surface area contributed by atoms with Gasteiger partial charge in [0.25, 0.3) is 11.6 Å². The van der Waals surface area contributed by atoms with Gasteiger partial charge in [-0.2, -0.15) is 0 Å². The fourth-order valence-electron chi connectivity index (χ4n) is 1.85. The normalized spacial score (nSPS) is 16.2. The summed E-state index contributed by atoms with van der Waals surface area (Å²) < 4.78 is 9.82. The van der Waals surface area contributed by atoms with Crippen LogP contribution in [0.1, 0.15) is 24.2 Å². The number of ketones is 1. The van der Waals surface area contributed by atoms with Crippen molar-refractivity contribution in [1.82, 2.24) is 0 Å². The van der Waals surface area contributed by atoms with E-state index in [2.05, 4.69) is 5.32 Å². The van der Waals surface area contributed by atoms with Crippen molar-refractivity contribution in [2.45, 2.75) is 19.6 Å². The zero-order valence-corrected chi connectivity index (χ0v) is 12.3. The number of ether oxygens (including phenoxy) is 2. The molecule has 0 aliphatic carbocycles. The summed E-state index contributed by atoms with van der Waals surface area (Å²) in [6.45, 7) is 2.82. The smallest absolute Gasteiger partial charge is 0.377 e. The number of benzene rings is 1. The fourth-order valence-corrected chi connectivity index (χ4v) is 1.85. The van der Waals surface area contributed by atoms with Crippen LogP contribution in [0.15, 0.2) is 36.0 Å². The Balaban J connectivity index is 2.27. The number of esters is 2. The van der Waals surface area contributed by atoms with Crippen LogP contribution < -0.4 is 5.32 Å². The van der Waals surface area contributed by atoms with E-state index in [9.17, 15) is 19.2 Å². The van der Waals surface area contributed by atoms with Crippen LogP contribution in [-0.2, 0) is 23.9 Å². The molecule has 1 aliphatic heterocycles. The largest absolute Gasteiger partial charge is 0.475 e. The lowest BCUT2D eigenvalue weighted by Gasteiger charge is -2.29. The summed E-state index contributed by atoms with van der Waals surface area (Å²) >= 11 is 0. The van der Waals surface area contributed by atoms with Gasteiger partial charge in [-0.15, -0.1) is 0 Å². The molecule has 2 rings (SSSR count). The molecule has 0 unspecified atom stereocenters. The van der Waals surface area contributed by atoms with Gasteiger partial charge < -0.3 is 19.9 Å². The summed E-state index contributed by atoms with van der Waals surface area (Å²) in [5.74, 6) is -5.88. The van der Waals surface area contributed by atoms with Gasteiger partial charge in [-0.3, -0.25) is 4.79 Å². The Morgan fingerprint density at radius 1 is 1.13 bits per heavy atom. The minimum Gasteiger partial charge on any atom is -0.475 e. The summed E-state index contributed by atoms with van der Waals surface area (Å²) in [5.41, 5.74) is -0.394. The second kappa shape index (κ2) is 5.91. The Hall–Kier alpha value is -3.16. The molecule has 0 spiro atoms. The molecular weight excluding hydrogens is 306 g/mol. The number of carbonyl (C=O) groups is 4. The molecular formula is C15H13NO7. The summed E-state index contributed by atoms with van der Waals surface area (Å²) in [6.07, 6.45) is 1.01. The number of carboxylic acid groups (broad SMARTS) is 1. The first-order chi connectivity index (χ1) is 10.7. The van der Waals surface area contributed by atoms with Gasteiger partial charge in [0.2, 0.25) is 0 Å². The van der Waals surface area contributed by atoms with E-state index < -0.39 is 35.1 Å². The molecule has 1 aromatic carbocycles. The molecule has 8 heteroatoms. The van der Waals surface area contributed by atoms with Gasteiger partial charge >= 0.3 is 17.9 Å². The predicted molar refractivity (Wildman–Crippen MR) is 76.4 cm³/mol. The number of hydrogen-bond acceptors (Lipinski definition) is 7. The Bertz CT molecular complexity index is 711. The van der Waals surface area contributed by atoms with Crippen LogP contribution in [0.2, 0.25) is 0 Å². The van der Waals surface area contributed by atoms with E-state index in [4.69, 9.17) is 14.6 Å². The standard InChI is InChI=1S/C15H13NO7/c1-15(2)22-13(20)9(14(21)23-15)7-16-10-6-4-3-5-8(10)11(17)12(18)19/h3-7,16H,1-2H3,(H,18,19). The minimum atomic E-state index is -1.62. The van der Waals surface area contributed by atoms with E-state index >= 15 is 0 Å². The highest BCUT2D eigenvalue weighted by molar-refractivity contribution is 6.41. The van der Waals surface area contributed by atoms with Crippen LogP contribution in [0.3, 0.4) is 0 Å². The zero-order valence-electron chi connectivity index (χ0n) is 12.3. The van der Waals surface area contributed by atoms with Crippen molar-refractivity contribution in [1.29, 1.82) is 0 Å². The molecule has 0 amide bonds. The molecule has 8 nitrogen and oxygen atoms in total. The maximum atomic E-state index is 11.8. The molecule has 23 heavy (non-hydrogen) atoms. The van der Waals surface area contributed by atoms with Gasteiger partial charge in [-0.25, -0.2) is 14.4 Å². The summed E-state index contributed by atoms with van der Waals surface area (Å²) in [5, 5.41) is 11.3. The first kappa shape index (κ1) is 16.2. The fraction of sp³-hybridized carbons (Fsp3) is 0.200. The Morgan fingerprint density at radius 2 is 1.70 bits per heavy atom. The van der Waals surface area contributed by atoms with Crippen molar-refractivity contribution in [2.24, 2.45) is 0 Å². The molecule has 1 saturated heterocycles. The Morgan fingerprint density at radius 3 is 2.26 bits per heavy atom. The number of cyclic esters (lactones) is 2. The maximum absolute atomic E-state index is 11.8. The molecule has 1 heterocycles. The van der Waals surface area contributed by atoms with Crippen molar-refractivity contribution in [2.75, 3.05) is 5.32 Å². The maximum Gasteiger partial charge on any atom is 0.377 e. The lowest BCUT2D eigenvalue weighted by atomic mass is 10.1. The Labute approximate surface area is 130 Å². The van der Waals surface area contributed by atoms with E-state index in [-0.39, 0.29) is 11.3 Å². The first-order valence-corrected chi connectivity index (χ1v) is 6.51. The minimum absolute atomic E-state index is 0.116. The topological polar surface area (TPSA) is 119 Å². The highest BCUT2D eigenvalue weighted by atomic mass is 16.7. The van der Waals surface area contributed by atoms with Crippen LogP contribution >= 0.6 is 0 Å². The number of Topliss-reactive ketones (excluding diaryl/α,β-unsaturated/α-hetero) is 1. The first-order valence-electron chi connectivity index (χ1n) is 6.51. The van der Waals surface area contributed by atoms with E-state index in [0.717, 1.165) is 6.20 Å². The number of anilines is 1. The van der Waals surface area contributed by atoms with E-state index in [1.54, 1.807) is 6.07 Å².